The predicted molar refractivity (Wildman–Crippen MR) is 128 cm³/mol. The molecule has 0 aliphatic heterocycles. The molecule has 4 aromatic rings. The first-order chi connectivity index (χ1) is 15.7. The van der Waals surface area contributed by atoms with Crippen LogP contribution in [-0.2, 0) is 11.2 Å². The number of aromatic nitrogens is 2. The topological polar surface area (TPSA) is 73.3 Å². The number of hydrogen-bond acceptors (Lipinski definition) is 6. The zero-order valence-corrected chi connectivity index (χ0v) is 18.7. The van der Waals surface area contributed by atoms with Gasteiger partial charge in [0.2, 0.25) is 5.91 Å². The molecule has 0 aliphatic rings. The third kappa shape index (κ3) is 5.18. The first-order valence-corrected chi connectivity index (χ1v) is 11.1. The van der Waals surface area contributed by atoms with Gasteiger partial charge in [-0.05, 0) is 30.3 Å². The summed E-state index contributed by atoms with van der Waals surface area (Å²) in [7, 11) is 3.25. The standard InChI is InChI=1S/C25H23N3O3S/c1-30-19-10-7-9-18(15-19)26-24(29)16-32-25-22(14-17-8-3-6-13-23(17)31-2)27-20-11-4-5-12-21(20)28-25/h3-13,15H,14,16H2,1-2H3,(H,26,29). The minimum Gasteiger partial charge on any atom is -0.497 e. The number of para-hydroxylation sites is 3. The number of thioether (sulfide) groups is 1. The van der Waals surface area contributed by atoms with E-state index in [2.05, 4.69) is 5.32 Å². The van der Waals surface area contributed by atoms with Crippen molar-refractivity contribution in [3.05, 3.63) is 84.1 Å². The van der Waals surface area contributed by atoms with E-state index in [-0.39, 0.29) is 11.7 Å². The summed E-state index contributed by atoms with van der Waals surface area (Å²) in [6.07, 6.45) is 0.557. The largest absolute Gasteiger partial charge is 0.497 e. The quantitative estimate of drug-likeness (QED) is 0.386. The lowest BCUT2D eigenvalue weighted by molar-refractivity contribution is -0.113. The molecule has 1 amide bonds. The van der Waals surface area contributed by atoms with Crippen molar-refractivity contribution >= 4 is 34.4 Å². The van der Waals surface area contributed by atoms with Gasteiger partial charge in [0.05, 0.1) is 36.7 Å². The number of anilines is 1. The van der Waals surface area contributed by atoms with E-state index in [1.807, 2.05) is 66.7 Å². The molecular weight excluding hydrogens is 422 g/mol. The lowest BCUT2D eigenvalue weighted by Crippen LogP contribution is -2.14. The molecule has 7 heteroatoms. The van der Waals surface area contributed by atoms with E-state index < -0.39 is 0 Å². The molecule has 0 atom stereocenters. The molecule has 0 bridgehead atoms. The molecule has 4 rings (SSSR count). The molecule has 0 spiro atoms. The molecule has 0 saturated heterocycles. The Morgan fingerprint density at radius 1 is 0.906 bits per heavy atom. The fourth-order valence-corrected chi connectivity index (χ4v) is 4.10. The van der Waals surface area contributed by atoms with Crippen LogP contribution >= 0.6 is 11.8 Å². The first-order valence-electron chi connectivity index (χ1n) is 10.1. The summed E-state index contributed by atoms with van der Waals surface area (Å²) in [5.41, 5.74) is 4.14. The van der Waals surface area contributed by atoms with Crippen molar-refractivity contribution in [2.75, 3.05) is 25.3 Å². The Morgan fingerprint density at radius 3 is 2.44 bits per heavy atom. The van der Waals surface area contributed by atoms with Crippen molar-refractivity contribution in [3.63, 3.8) is 0 Å². The van der Waals surface area contributed by atoms with Crippen LogP contribution in [0.15, 0.2) is 77.8 Å². The smallest absolute Gasteiger partial charge is 0.234 e. The summed E-state index contributed by atoms with van der Waals surface area (Å²) in [5, 5.41) is 3.64. The van der Waals surface area contributed by atoms with Crippen molar-refractivity contribution < 1.29 is 14.3 Å². The van der Waals surface area contributed by atoms with Crippen LogP contribution in [0.25, 0.3) is 11.0 Å². The van der Waals surface area contributed by atoms with Gasteiger partial charge in [0.1, 0.15) is 16.5 Å². The Hall–Kier alpha value is -3.58. The van der Waals surface area contributed by atoms with Gasteiger partial charge in [-0.25, -0.2) is 9.97 Å². The minimum absolute atomic E-state index is 0.124. The van der Waals surface area contributed by atoms with E-state index in [0.717, 1.165) is 33.1 Å². The van der Waals surface area contributed by atoms with Crippen LogP contribution in [0.2, 0.25) is 0 Å². The van der Waals surface area contributed by atoms with E-state index in [9.17, 15) is 4.79 Å². The molecule has 0 unspecified atom stereocenters. The Balaban J connectivity index is 1.56. The fourth-order valence-electron chi connectivity index (χ4n) is 3.31. The molecule has 1 heterocycles. The summed E-state index contributed by atoms with van der Waals surface area (Å²) in [5.74, 6) is 1.58. The average Bonchev–Trinajstić information content (AvgIpc) is 2.83. The molecular formula is C25H23N3O3S. The van der Waals surface area contributed by atoms with Gasteiger partial charge in [-0.3, -0.25) is 4.79 Å². The van der Waals surface area contributed by atoms with E-state index in [1.165, 1.54) is 11.8 Å². The van der Waals surface area contributed by atoms with Crippen LogP contribution in [0, 0.1) is 0 Å². The Labute approximate surface area is 191 Å². The third-order valence-electron chi connectivity index (χ3n) is 4.85. The van der Waals surface area contributed by atoms with Gasteiger partial charge in [-0.15, -0.1) is 0 Å². The summed E-state index contributed by atoms with van der Waals surface area (Å²) < 4.78 is 10.7. The second-order valence-corrected chi connectivity index (χ2v) is 7.99. The van der Waals surface area contributed by atoms with Crippen molar-refractivity contribution in [2.24, 2.45) is 0 Å². The summed E-state index contributed by atoms with van der Waals surface area (Å²) in [4.78, 5) is 22.2. The van der Waals surface area contributed by atoms with Crippen LogP contribution in [0.5, 0.6) is 11.5 Å². The van der Waals surface area contributed by atoms with Crippen LogP contribution in [0.4, 0.5) is 5.69 Å². The lowest BCUT2D eigenvalue weighted by atomic mass is 10.1. The van der Waals surface area contributed by atoms with Gasteiger partial charge in [0.15, 0.2) is 0 Å². The maximum atomic E-state index is 12.6. The van der Waals surface area contributed by atoms with Crippen molar-refractivity contribution in [1.29, 1.82) is 0 Å². The molecule has 0 fully saturated rings. The van der Waals surface area contributed by atoms with Gasteiger partial charge in [-0.1, -0.05) is 48.2 Å². The maximum Gasteiger partial charge on any atom is 0.234 e. The number of hydrogen-bond donors (Lipinski definition) is 1. The maximum absolute atomic E-state index is 12.6. The number of carbonyl (C=O) groups excluding carboxylic acids is 1. The molecule has 0 aliphatic carbocycles. The van der Waals surface area contributed by atoms with Crippen LogP contribution in [0.3, 0.4) is 0 Å². The minimum atomic E-state index is -0.124. The molecule has 32 heavy (non-hydrogen) atoms. The van der Waals surface area contributed by atoms with Crippen LogP contribution < -0.4 is 14.8 Å². The average molecular weight is 446 g/mol. The number of carbonyl (C=O) groups is 1. The highest BCUT2D eigenvalue weighted by Gasteiger charge is 2.14. The number of amides is 1. The highest BCUT2D eigenvalue weighted by atomic mass is 32.2. The van der Waals surface area contributed by atoms with Gasteiger partial charge < -0.3 is 14.8 Å². The molecule has 1 aromatic heterocycles. The van der Waals surface area contributed by atoms with Gasteiger partial charge in [0, 0.05) is 23.7 Å². The van der Waals surface area contributed by atoms with Crippen LogP contribution in [0.1, 0.15) is 11.3 Å². The van der Waals surface area contributed by atoms with Crippen molar-refractivity contribution in [2.45, 2.75) is 11.4 Å². The van der Waals surface area contributed by atoms with Crippen molar-refractivity contribution in [1.82, 2.24) is 9.97 Å². The molecule has 0 radical (unpaired) electrons. The monoisotopic (exact) mass is 445 g/mol. The highest BCUT2D eigenvalue weighted by Crippen LogP contribution is 2.28. The zero-order valence-electron chi connectivity index (χ0n) is 17.9. The van der Waals surface area contributed by atoms with Crippen LogP contribution in [-0.4, -0.2) is 35.8 Å². The van der Waals surface area contributed by atoms with Gasteiger partial charge in [0.25, 0.3) is 0 Å². The molecule has 6 nitrogen and oxygen atoms in total. The van der Waals surface area contributed by atoms with E-state index >= 15 is 0 Å². The zero-order chi connectivity index (χ0) is 22.3. The number of nitrogens with one attached hydrogen (secondary N) is 1. The highest BCUT2D eigenvalue weighted by molar-refractivity contribution is 8.00. The van der Waals surface area contributed by atoms with E-state index in [4.69, 9.17) is 19.4 Å². The molecule has 162 valence electrons. The summed E-state index contributed by atoms with van der Waals surface area (Å²) in [6, 6.07) is 22.9. The molecule has 3 aromatic carbocycles. The fraction of sp³-hybridized carbons (Fsp3) is 0.160. The normalized spacial score (nSPS) is 10.7. The summed E-state index contributed by atoms with van der Waals surface area (Å²) in [6.45, 7) is 0. The van der Waals surface area contributed by atoms with Gasteiger partial charge in [-0.2, -0.15) is 0 Å². The SMILES string of the molecule is COc1cccc(NC(=O)CSc2nc3ccccc3nc2Cc2ccccc2OC)c1. The number of benzene rings is 3. The summed E-state index contributed by atoms with van der Waals surface area (Å²) >= 11 is 1.37. The lowest BCUT2D eigenvalue weighted by Gasteiger charge is -2.12. The number of fused-ring (bicyclic) bond motifs is 1. The first kappa shape index (κ1) is 21.6. The number of ether oxygens (including phenoxy) is 2. The number of rotatable bonds is 8. The number of nitrogens with zero attached hydrogens (tertiary/aromatic N) is 2. The molecule has 1 N–H and O–H groups in total. The second kappa shape index (κ2) is 10.2. The van der Waals surface area contributed by atoms with Crippen molar-refractivity contribution in [3.8, 4) is 11.5 Å². The van der Waals surface area contributed by atoms with E-state index in [0.29, 0.717) is 17.9 Å². The molecule has 0 saturated carbocycles. The Bertz CT molecular complexity index is 1250. The van der Waals surface area contributed by atoms with E-state index in [1.54, 1.807) is 20.3 Å². The van der Waals surface area contributed by atoms with Gasteiger partial charge >= 0.3 is 0 Å². The Kier molecular flexibility index (Phi) is 6.87. The second-order valence-electron chi connectivity index (χ2n) is 7.02. The predicted octanol–water partition coefficient (Wildman–Crippen LogP) is 4.97. The number of methoxy groups -OCH3 is 2. The Morgan fingerprint density at radius 2 is 1.66 bits per heavy atom. The third-order valence-corrected chi connectivity index (χ3v) is 5.86.